The molecule has 298 valence electrons. The summed E-state index contributed by atoms with van der Waals surface area (Å²) in [5, 5.41) is 12.8. The van der Waals surface area contributed by atoms with Gasteiger partial charge < -0.3 is 0 Å². The van der Waals surface area contributed by atoms with Crippen LogP contribution in [-0.4, -0.2) is 24.9 Å². The Morgan fingerprint density at radius 3 is 1.52 bits per heavy atom. The molecule has 11 rings (SSSR count). The normalized spacial score (nSPS) is 11.1. The largest absolute Gasteiger partial charge is 0.228 e. The molecular formula is C58H36N6. The van der Waals surface area contributed by atoms with E-state index in [4.69, 9.17) is 24.9 Å². The first-order valence-corrected chi connectivity index (χ1v) is 21.1. The molecule has 6 nitrogen and oxygen atoms in total. The summed E-state index contributed by atoms with van der Waals surface area (Å²) in [5.74, 6) is 2.36. The van der Waals surface area contributed by atoms with Gasteiger partial charge in [-0.3, -0.25) is 0 Å². The molecule has 2 aromatic heterocycles. The molecule has 6 heteroatoms. The highest BCUT2D eigenvalue weighted by molar-refractivity contribution is 6.00. The standard InChI is InChI=1S/C58H36N6/c59-37-45-34-35-47(49-25-11-10-24-46(45)49)43-22-14-23-44(36-43)57-63-55(41-20-8-3-9-21-41)62-56(64-57)42-32-30-39(31-33-42)53-48(38-16-4-1-5-17-38)27-15-28-51(53)58-60-52-29-13-12-26-50(52)54(61-58)40-18-6-2-7-19-40/h1-36H. The summed E-state index contributed by atoms with van der Waals surface area (Å²) in [7, 11) is 0. The number of fused-ring (bicyclic) bond motifs is 2. The third-order valence-electron chi connectivity index (χ3n) is 11.6. The van der Waals surface area contributed by atoms with Gasteiger partial charge in [0.1, 0.15) is 0 Å². The second kappa shape index (κ2) is 16.5. The fraction of sp³-hybridized carbons (Fsp3) is 0. The van der Waals surface area contributed by atoms with Gasteiger partial charge in [0.25, 0.3) is 0 Å². The lowest BCUT2D eigenvalue weighted by Gasteiger charge is -2.17. The average Bonchev–Trinajstić information content (AvgIpc) is 3.38. The Morgan fingerprint density at radius 1 is 0.297 bits per heavy atom. The number of benzene rings is 9. The number of nitriles is 1. The minimum Gasteiger partial charge on any atom is -0.228 e. The highest BCUT2D eigenvalue weighted by atomic mass is 15.0. The molecule has 0 saturated heterocycles. The number of aromatic nitrogens is 5. The number of hydrogen-bond donors (Lipinski definition) is 0. The second-order valence-corrected chi connectivity index (χ2v) is 15.5. The zero-order valence-corrected chi connectivity index (χ0v) is 34.5. The molecule has 0 N–H and O–H groups in total. The molecule has 64 heavy (non-hydrogen) atoms. The highest BCUT2D eigenvalue weighted by Crippen LogP contribution is 2.41. The van der Waals surface area contributed by atoms with Crippen molar-refractivity contribution in [3.8, 4) is 96.3 Å². The van der Waals surface area contributed by atoms with Gasteiger partial charge in [-0.25, -0.2) is 24.9 Å². The number of hydrogen-bond acceptors (Lipinski definition) is 6. The Hall–Kier alpha value is -8.92. The van der Waals surface area contributed by atoms with Crippen molar-refractivity contribution in [2.45, 2.75) is 0 Å². The summed E-state index contributed by atoms with van der Waals surface area (Å²) in [5.41, 5.74) is 13.2. The summed E-state index contributed by atoms with van der Waals surface area (Å²) >= 11 is 0. The Bertz CT molecular complexity index is 3550. The van der Waals surface area contributed by atoms with E-state index in [2.05, 4.69) is 115 Å². The summed E-state index contributed by atoms with van der Waals surface area (Å²) in [6, 6.07) is 76.4. The molecule has 0 aliphatic heterocycles. The molecule has 0 radical (unpaired) electrons. The molecule has 9 aromatic carbocycles. The van der Waals surface area contributed by atoms with Crippen LogP contribution in [0.15, 0.2) is 218 Å². The summed E-state index contributed by atoms with van der Waals surface area (Å²) in [4.78, 5) is 25.8. The summed E-state index contributed by atoms with van der Waals surface area (Å²) in [6.07, 6.45) is 0. The van der Waals surface area contributed by atoms with Gasteiger partial charge in [-0.15, -0.1) is 0 Å². The lowest BCUT2D eigenvalue weighted by Crippen LogP contribution is -2.00. The molecule has 0 unspecified atom stereocenters. The number of para-hydroxylation sites is 1. The molecule has 0 saturated carbocycles. The summed E-state index contributed by atoms with van der Waals surface area (Å²) < 4.78 is 0. The minimum absolute atomic E-state index is 0.562. The summed E-state index contributed by atoms with van der Waals surface area (Å²) in [6.45, 7) is 0. The maximum absolute atomic E-state index is 9.82. The molecule has 0 bridgehead atoms. The van der Waals surface area contributed by atoms with E-state index in [0.29, 0.717) is 28.9 Å². The highest BCUT2D eigenvalue weighted by Gasteiger charge is 2.20. The molecule has 11 aromatic rings. The lowest BCUT2D eigenvalue weighted by molar-refractivity contribution is 1.07. The first-order valence-electron chi connectivity index (χ1n) is 21.1. The van der Waals surface area contributed by atoms with E-state index in [1.54, 1.807) is 0 Å². The van der Waals surface area contributed by atoms with Gasteiger partial charge in [0.2, 0.25) is 0 Å². The van der Waals surface area contributed by atoms with Crippen molar-refractivity contribution < 1.29 is 0 Å². The van der Waals surface area contributed by atoms with Gasteiger partial charge in [-0.1, -0.05) is 200 Å². The molecule has 2 heterocycles. The van der Waals surface area contributed by atoms with E-state index in [1.165, 1.54) is 0 Å². The zero-order valence-electron chi connectivity index (χ0n) is 34.5. The molecule has 0 spiro atoms. The average molecular weight is 817 g/mol. The van der Waals surface area contributed by atoms with E-state index >= 15 is 0 Å². The molecule has 0 fully saturated rings. The van der Waals surface area contributed by atoms with Gasteiger partial charge in [0.05, 0.1) is 22.8 Å². The van der Waals surface area contributed by atoms with E-state index in [9.17, 15) is 5.26 Å². The molecule has 0 amide bonds. The second-order valence-electron chi connectivity index (χ2n) is 15.5. The van der Waals surface area contributed by atoms with Crippen LogP contribution in [0.1, 0.15) is 5.56 Å². The van der Waals surface area contributed by atoms with E-state index in [-0.39, 0.29) is 0 Å². The third-order valence-corrected chi connectivity index (χ3v) is 11.6. The van der Waals surface area contributed by atoms with Crippen LogP contribution in [0.25, 0.3) is 112 Å². The minimum atomic E-state index is 0.562. The van der Waals surface area contributed by atoms with Crippen LogP contribution in [0.4, 0.5) is 0 Å². The van der Waals surface area contributed by atoms with Crippen LogP contribution in [0.3, 0.4) is 0 Å². The molecular weight excluding hydrogens is 781 g/mol. The monoisotopic (exact) mass is 816 g/mol. The van der Waals surface area contributed by atoms with Gasteiger partial charge >= 0.3 is 0 Å². The maximum atomic E-state index is 9.82. The predicted molar refractivity (Wildman–Crippen MR) is 259 cm³/mol. The van der Waals surface area contributed by atoms with Crippen molar-refractivity contribution in [1.29, 1.82) is 5.26 Å². The Balaban J connectivity index is 1.05. The Kier molecular flexibility index (Phi) is 9.81. The lowest BCUT2D eigenvalue weighted by atomic mass is 9.89. The molecule has 0 atom stereocenters. The topological polar surface area (TPSA) is 88.2 Å². The van der Waals surface area contributed by atoms with E-state index in [0.717, 1.165) is 88.6 Å². The van der Waals surface area contributed by atoms with Gasteiger partial charge in [-0.05, 0) is 51.4 Å². The van der Waals surface area contributed by atoms with Crippen LogP contribution >= 0.6 is 0 Å². The Labute approximate surface area is 370 Å². The van der Waals surface area contributed by atoms with Crippen molar-refractivity contribution in [1.82, 2.24) is 24.9 Å². The van der Waals surface area contributed by atoms with E-state index in [1.807, 2.05) is 109 Å². The van der Waals surface area contributed by atoms with E-state index < -0.39 is 0 Å². The third kappa shape index (κ3) is 7.13. The quantitative estimate of drug-likeness (QED) is 0.152. The van der Waals surface area contributed by atoms with Gasteiger partial charge in [-0.2, -0.15) is 5.26 Å². The van der Waals surface area contributed by atoms with Crippen LogP contribution in [-0.2, 0) is 0 Å². The van der Waals surface area contributed by atoms with Gasteiger partial charge in [0.15, 0.2) is 23.3 Å². The predicted octanol–water partition coefficient (Wildman–Crippen LogP) is 14.2. The van der Waals surface area contributed by atoms with Crippen LogP contribution in [0.2, 0.25) is 0 Å². The maximum Gasteiger partial charge on any atom is 0.164 e. The van der Waals surface area contributed by atoms with Gasteiger partial charge in [0, 0.05) is 44.2 Å². The Morgan fingerprint density at radius 2 is 0.812 bits per heavy atom. The number of rotatable bonds is 8. The molecule has 0 aliphatic rings. The first kappa shape index (κ1) is 38.0. The van der Waals surface area contributed by atoms with Crippen molar-refractivity contribution in [3.05, 3.63) is 224 Å². The fourth-order valence-electron chi connectivity index (χ4n) is 8.53. The van der Waals surface area contributed by atoms with Crippen LogP contribution in [0, 0.1) is 11.3 Å². The van der Waals surface area contributed by atoms with Crippen LogP contribution in [0.5, 0.6) is 0 Å². The first-order chi connectivity index (χ1) is 31.7. The number of nitrogens with zero attached hydrogens (tertiary/aromatic N) is 6. The van der Waals surface area contributed by atoms with Crippen molar-refractivity contribution in [3.63, 3.8) is 0 Å². The SMILES string of the molecule is N#Cc1ccc(-c2cccc(-c3nc(-c4ccccc4)nc(-c4ccc(-c5c(-c6ccccc6)cccc5-c5nc(-c6ccccc6)c6ccccc6n5)cc4)n3)c2)c2ccccc12. The van der Waals surface area contributed by atoms with Crippen molar-refractivity contribution in [2.75, 3.05) is 0 Å². The fourth-order valence-corrected chi connectivity index (χ4v) is 8.53. The van der Waals surface area contributed by atoms with Crippen molar-refractivity contribution >= 4 is 21.7 Å². The van der Waals surface area contributed by atoms with Crippen molar-refractivity contribution in [2.24, 2.45) is 0 Å². The molecule has 0 aliphatic carbocycles. The van der Waals surface area contributed by atoms with Crippen LogP contribution < -0.4 is 0 Å². The smallest absolute Gasteiger partial charge is 0.164 e. The zero-order chi connectivity index (χ0) is 42.8.